The van der Waals surface area contributed by atoms with Crippen LogP contribution in [0.1, 0.15) is 39.2 Å². The average Bonchev–Trinajstić information content (AvgIpc) is 2.79. The third-order valence-corrected chi connectivity index (χ3v) is 4.36. The molecule has 1 aromatic rings. The molecule has 7 heteroatoms. The number of carbonyl (C=O) groups is 1. The molecule has 0 saturated carbocycles. The summed E-state index contributed by atoms with van der Waals surface area (Å²) >= 11 is 0. The molecule has 1 aliphatic heterocycles. The van der Waals surface area contributed by atoms with Crippen molar-refractivity contribution in [3.63, 3.8) is 0 Å². The lowest BCUT2D eigenvalue weighted by Gasteiger charge is -2.32. The fraction of sp³-hybridized carbons (Fsp3) is 0.667. The molecule has 2 atom stereocenters. The van der Waals surface area contributed by atoms with E-state index >= 15 is 0 Å². The maximum atomic E-state index is 12.6. The van der Waals surface area contributed by atoms with Crippen LogP contribution in [0.3, 0.4) is 0 Å². The Labute approximate surface area is 167 Å². The zero-order chi connectivity index (χ0) is 20.6. The summed E-state index contributed by atoms with van der Waals surface area (Å²) in [5, 5.41) is 20.0. The SMILES string of the molecule is CC(C)(C)OC(=O)N1C[C@@H](COCc2ccccc2)OCC(O)(CCCO)C1. The summed E-state index contributed by atoms with van der Waals surface area (Å²) < 4.78 is 17.1. The standard InChI is InChI=1S/C21H33NO6/c1-20(2,3)28-19(24)22-12-18(14-26-13-17-8-5-4-6-9-17)27-16-21(25,15-22)10-7-11-23/h4-6,8-9,18,23,25H,7,10-16H2,1-3H3/t18-,21?/m0/s1. The van der Waals surface area contributed by atoms with Gasteiger partial charge < -0.3 is 29.3 Å². The monoisotopic (exact) mass is 395 g/mol. The van der Waals surface area contributed by atoms with E-state index in [9.17, 15) is 9.90 Å². The number of nitrogens with zero attached hydrogens (tertiary/aromatic N) is 1. The summed E-state index contributed by atoms with van der Waals surface area (Å²) in [6.45, 7) is 6.56. The Bertz CT molecular complexity index is 603. The lowest BCUT2D eigenvalue weighted by atomic mass is 9.98. The maximum Gasteiger partial charge on any atom is 0.410 e. The van der Waals surface area contributed by atoms with Gasteiger partial charge in [-0.3, -0.25) is 0 Å². The second-order valence-electron chi connectivity index (χ2n) is 8.35. The molecule has 0 aliphatic carbocycles. The van der Waals surface area contributed by atoms with Crippen LogP contribution in [0.25, 0.3) is 0 Å². The van der Waals surface area contributed by atoms with Gasteiger partial charge in [0.2, 0.25) is 0 Å². The van der Waals surface area contributed by atoms with Crippen molar-refractivity contribution in [1.82, 2.24) is 4.90 Å². The molecule has 0 aromatic heterocycles. The molecule has 0 radical (unpaired) electrons. The average molecular weight is 395 g/mol. The number of ether oxygens (including phenoxy) is 3. The van der Waals surface area contributed by atoms with Crippen molar-refractivity contribution in [2.45, 2.75) is 57.5 Å². The Hall–Kier alpha value is -1.67. The van der Waals surface area contributed by atoms with Crippen molar-refractivity contribution < 1.29 is 29.2 Å². The third kappa shape index (κ3) is 7.75. The smallest absolute Gasteiger partial charge is 0.410 e. The van der Waals surface area contributed by atoms with E-state index in [1.807, 2.05) is 30.3 Å². The topological polar surface area (TPSA) is 88.5 Å². The largest absolute Gasteiger partial charge is 0.444 e. The molecule has 7 nitrogen and oxygen atoms in total. The molecule has 28 heavy (non-hydrogen) atoms. The summed E-state index contributed by atoms with van der Waals surface area (Å²) in [5.41, 5.74) is -0.805. The first-order valence-electron chi connectivity index (χ1n) is 9.75. The van der Waals surface area contributed by atoms with Gasteiger partial charge in [0.1, 0.15) is 11.2 Å². The Kier molecular flexibility index (Phi) is 8.24. The number of aliphatic hydroxyl groups is 2. The van der Waals surface area contributed by atoms with Crippen LogP contribution in [-0.4, -0.2) is 71.4 Å². The number of hydrogen-bond donors (Lipinski definition) is 2. The molecule has 0 spiro atoms. The molecule has 2 rings (SSSR count). The molecule has 1 fully saturated rings. The van der Waals surface area contributed by atoms with E-state index in [-0.39, 0.29) is 32.4 Å². The molecule has 1 unspecified atom stereocenters. The zero-order valence-corrected chi connectivity index (χ0v) is 17.1. The Morgan fingerprint density at radius 1 is 1.32 bits per heavy atom. The second kappa shape index (κ2) is 10.2. The molecular formula is C21H33NO6. The highest BCUT2D eigenvalue weighted by Gasteiger charge is 2.38. The molecule has 1 amide bonds. The van der Waals surface area contributed by atoms with Gasteiger partial charge in [0.25, 0.3) is 0 Å². The summed E-state index contributed by atoms with van der Waals surface area (Å²) in [6, 6.07) is 9.81. The van der Waals surface area contributed by atoms with Crippen LogP contribution in [0.4, 0.5) is 4.79 Å². The second-order valence-corrected chi connectivity index (χ2v) is 8.35. The van der Waals surface area contributed by atoms with Crippen LogP contribution in [0.2, 0.25) is 0 Å². The van der Waals surface area contributed by atoms with Gasteiger partial charge in [0.05, 0.1) is 39.0 Å². The van der Waals surface area contributed by atoms with Gasteiger partial charge in [-0.2, -0.15) is 0 Å². The minimum Gasteiger partial charge on any atom is -0.444 e. The highest BCUT2D eigenvalue weighted by atomic mass is 16.6. The van der Waals surface area contributed by atoms with Crippen molar-refractivity contribution in [3.8, 4) is 0 Å². The van der Waals surface area contributed by atoms with Crippen LogP contribution >= 0.6 is 0 Å². The van der Waals surface area contributed by atoms with Crippen LogP contribution in [0.5, 0.6) is 0 Å². The number of aliphatic hydroxyl groups excluding tert-OH is 1. The number of benzene rings is 1. The Morgan fingerprint density at radius 3 is 2.68 bits per heavy atom. The van der Waals surface area contributed by atoms with Crippen molar-refractivity contribution >= 4 is 6.09 Å². The minimum absolute atomic E-state index is 0.0294. The van der Waals surface area contributed by atoms with Gasteiger partial charge in [-0.25, -0.2) is 4.79 Å². The zero-order valence-electron chi connectivity index (χ0n) is 17.1. The van der Waals surface area contributed by atoms with E-state index in [1.54, 1.807) is 20.8 Å². The van der Waals surface area contributed by atoms with Gasteiger partial charge >= 0.3 is 6.09 Å². The quantitative estimate of drug-likeness (QED) is 0.737. The number of rotatable bonds is 7. The maximum absolute atomic E-state index is 12.6. The predicted octanol–water partition coefficient (Wildman–Crippen LogP) is 2.34. The minimum atomic E-state index is -1.23. The van der Waals surface area contributed by atoms with Crippen molar-refractivity contribution in [2.75, 3.05) is 32.9 Å². The summed E-state index contributed by atoms with van der Waals surface area (Å²) in [5.74, 6) is 0. The Balaban J connectivity index is 2.00. The molecule has 0 bridgehead atoms. The van der Waals surface area contributed by atoms with Crippen molar-refractivity contribution in [2.24, 2.45) is 0 Å². The molecule has 1 aliphatic rings. The first kappa shape index (κ1) is 22.6. The number of hydrogen-bond acceptors (Lipinski definition) is 6. The first-order valence-corrected chi connectivity index (χ1v) is 9.75. The van der Waals surface area contributed by atoms with Crippen LogP contribution in [-0.2, 0) is 20.8 Å². The molecule has 1 saturated heterocycles. The van der Waals surface area contributed by atoms with Gasteiger partial charge in [-0.05, 0) is 39.2 Å². The fourth-order valence-corrected chi connectivity index (χ4v) is 3.05. The third-order valence-electron chi connectivity index (χ3n) is 4.36. The molecule has 2 N–H and O–H groups in total. The molecule has 1 heterocycles. The first-order chi connectivity index (χ1) is 13.2. The molecule has 158 valence electrons. The lowest BCUT2D eigenvalue weighted by molar-refractivity contribution is -0.0785. The van der Waals surface area contributed by atoms with Gasteiger partial charge in [-0.1, -0.05) is 30.3 Å². The van der Waals surface area contributed by atoms with E-state index in [2.05, 4.69) is 0 Å². The fourth-order valence-electron chi connectivity index (χ4n) is 3.05. The summed E-state index contributed by atoms with van der Waals surface area (Å²) in [6.07, 6.45) is -0.106. The number of carbonyl (C=O) groups excluding carboxylic acids is 1. The van der Waals surface area contributed by atoms with Crippen molar-refractivity contribution in [3.05, 3.63) is 35.9 Å². The lowest BCUT2D eigenvalue weighted by Crippen LogP contribution is -2.48. The summed E-state index contributed by atoms with van der Waals surface area (Å²) in [4.78, 5) is 14.1. The van der Waals surface area contributed by atoms with Crippen LogP contribution in [0, 0.1) is 0 Å². The van der Waals surface area contributed by atoms with E-state index in [1.165, 1.54) is 4.90 Å². The molecular weight excluding hydrogens is 362 g/mol. The highest BCUT2D eigenvalue weighted by molar-refractivity contribution is 5.68. The van der Waals surface area contributed by atoms with E-state index in [0.717, 1.165) is 5.56 Å². The van der Waals surface area contributed by atoms with Gasteiger partial charge in [0, 0.05) is 6.61 Å². The van der Waals surface area contributed by atoms with Gasteiger partial charge in [0.15, 0.2) is 0 Å². The van der Waals surface area contributed by atoms with Crippen molar-refractivity contribution in [1.29, 1.82) is 0 Å². The normalized spacial score (nSPS) is 23.3. The van der Waals surface area contributed by atoms with Gasteiger partial charge in [-0.15, -0.1) is 0 Å². The van der Waals surface area contributed by atoms with E-state index in [4.69, 9.17) is 19.3 Å². The van der Waals surface area contributed by atoms with Crippen LogP contribution < -0.4 is 0 Å². The number of amides is 1. The van der Waals surface area contributed by atoms with E-state index < -0.39 is 17.3 Å². The Morgan fingerprint density at radius 2 is 2.04 bits per heavy atom. The van der Waals surface area contributed by atoms with Crippen LogP contribution in [0.15, 0.2) is 30.3 Å². The highest BCUT2D eigenvalue weighted by Crippen LogP contribution is 2.22. The number of β-amino-alcohol motifs (C(OH)–C–C–N with tert-alkyl or cyclic N) is 1. The van der Waals surface area contributed by atoms with E-state index in [0.29, 0.717) is 26.1 Å². The molecule has 1 aromatic carbocycles. The summed E-state index contributed by atoms with van der Waals surface area (Å²) in [7, 11) is 0. The predicted molar refractivity (Wildman–Crippen MR) is 105 cm³/mol.